The predicted molar refractivity (Wildman–Crippen MR) is 64.2 cm³/mol. The summed E-state index contributed by atoms with van der Waals surface area (Å²) in [5.41, 5.74) is 2.43. The molecule has 0 heterocycles. The second kappa shape index (κ2) is 6.83. The largest absolute Gasteiger partial charge is 0.383 e. The van der Waals surface area contributed by atoms with Gasteiger partial charge in [0.25, 0.3) is 0 Å². The third-order valence-corrected chi connectivity index (χ3v) is 2.56. The predicted octanol–water partition coefficient (Wildman–Crippen LogP) is 2.55. The first-order valence-corrected chi connectivity index (χ1v) is 5.66. The molecule has 1 aromatic carbocycles. The lowest BCUT2D eigenvalue weighted by Crippen LogP contribution is -2.29. The molecule has 0 bridgehead atoms. The summed E-state index contributed by atoms with van der Waals surface area (Å²) >= 11 is 5.72. The van der Waals surface area contributed by atoms with Crippen molar-refractivity contribution >= 4 is 11.6 Å². The molecular weight excluding hydrogens is 210 g/mol. The van der Waals surface area contributed by atoms with Crippen molar-refractivity contribution in [3.05, 3.63) is 35.4 Å². The monoisotopic (exact) mass is 227 g/mol. The Morgan fingerprint density at radius 2 is 1.87 bits per heavy atom. The fourth-order valence-corrected chi connectivity index (χ4v) is 1.53. The van der Waals surface area contributed by atoms with Gasteiger partial charge in [-0.25, -0.2) is 0 Å². The van der Waals surface area contributed by atoms with Crippen LogP contribution in [0.3, 0.4) is 0 Å². The summed E-state index contributed by atoms with van der Waals surface area (Å²) in [4.78, 5) is 0. The summed E-state index contributed by atoms with van der Waals surface area (Å²) in [5, 5.41) is 3.38. The van der Waals surface area contributed by atoms with Gasteiger partial charge in [-0.2, -0.15) is 0 Å². The molecule has 0 aromatic heterocycles. The molecule has 3 heteroatoms. The van der Waals surface area contributed by atoms with Crippen LogP contribution >= 0.6 is 11.6 Å². The first-order valence-electron chi connectivity index (χ1n) is 5.12. The van der Waals surface area contributed by atoms with Gasteiger partial charge in [-0.3, -0.25) is 0 Å². The lowest BCUT2D eigenvalue weighted by molar-refractivity contribution is 0.171. The van der Waals surface area contributed by atoms with Crippen LogP contribution in [0.15, 0.2) is 24.3 Å². The third-order valence-electron chi connectivity index (χ3n) is 2.25. The minimum Gasteiger partial charge on any atom is -0.383 e. The molecule has 1 rings (SSSR count). The van der Waals surface area contributed by atoms with E-state index in [4.69, 9.17) is 16.3 Å². The first-order chi connectivity index (χ1) is 7.26. The molecule has 0 radical (unpaired) electrons. The van der Waals surface area contributed by atoms with Gasteiger partial charge < -0.3 is 10.1 Å². The van der Waals surface area contributed by atoms with Crippen LogP contribution in [0.1, 0.15) is 18.1 Å². The molecular formula is C12H18ClNO. The van der Waals surface area contributed by atoms with E-state index in [1.54, 1.807) is 7.11 Å². The molecule has 1 N–H and O–H groups in total. The Hall–Kier alpha value is -0.570. The molecule has 0 aliphatic rings. The molecule has 0 saturated heterocycles. The smallest absolute Gasteiger partial charge is 0.0613 e. The molecule has 1 atom stereocenters. The van der Waals surface area contributed by atoms with Crippen LogP contribution in [0.5, 0.6) is 0 Å². The van der Waals surface area contributed by atoms with E-state index in [-0.39, 0.29) is 0 Å². The van der Waals surface area contributed by atoms with Crippen LogP contribution in [0.25, 0.3) is 0 Å². The lowest BCUT2D eigenvalue weighted by Gasteiger charge is -2.12. The Labute approximate surface area is 96.6 Å². The topological polar surface area (TPSA) is 21.3 Å². The molecule has 0 aliphatic carbocycles. The maximum Gasteiger partial charge on any atom is 0.0613 e. The Balaban J connectivity index is 2.37. The van der Waals surface area contributed by atoms with E-state index in [1.807, 2.05) is 0 Å². The average Bonchev–Trinajstić information content (AvgIpc) is 2.27. The van der Waals surface area contributed by atoms with Crippen molar-refractivity contribution in [1.82, 2.24) is 5.32 Å². The van der Waals surface area contributed by atoms with Crippen molar-refractivity contribution in [1.29, 1.82) is 0 Å². The van der Waals surface area contributed by atoms with Crippen LogP contribution in [0.2, 0.25) is 0 Å². The zero-order valence-corrected chi connectivity index (χ0v) is 10.1. The van der Waals surface area contributed by atoms with Crippen molar-refractivity contribution in [2.45, 2.75) is 25.4 Å². The number of halogens is 1. The van der Waals surface area contributed by atoms with Crippen LogP contribution in [-0.2, 0) is 17.2 Å². The fourth-order valence-electron chi connectivity index (χ4n) is 1.35. The van der Waals surface area contributed by atoms with Crippen LogP contribution < -0.4 is 5.32 Å². The highest BCUT2D eigenvalue weighted by Gasteiger charge is 2.00. The van der Waals surface area contributed by atoms with E-state index in [9.17, 15) is 0 Å². The second-order valence-corrected chi connectivity index (χ2v) is 3.95. The van der Waals surface area contributed by atoms with E-state index in [1.165, 1.54) is 5.56 Å². The van der Waals surface area contributed by atoms with Gasteiger partial charge in [-0.1, -0.05) is 24.3 Å². The minimum absolute atomic E-state index is 0.378. The standard InChI is InChI=1S/C12H18ClNO/c1-10(9-15-2)14-8-12-5-3-11(7-13)4-6-12/h3-6,10,14H,7-9H2,1-2H3. The zero-order chi connectivity index (χ0) is 11.1. The van der Waals surface area contributed by atoms with Crippen LogP contribution in [0, 0.1) is 0 Å². The molecule has 0 aliphatic heterocycles. The van der Waals surface area contributed by atoms with Crippen molar-refractivity contribution in [3.63, 3.8) is 0 Å². The number of hydrogen-bond donors (Lipinski definition) is 1. The Bertz CT molecular complexity index is 273. The van der Waals surface area contributed by atoms with Gasteiger partial charge in [-0.05, 0) is 18.1 Å². The second-order valence-electron chi connectivity index (χ2n) is 3.69. The number of hydrogen-bond acceptors (Lipinski definition) is 2. The summed E-state index contributed by atoms with van der Waals surface area (Å²) in [6, 6.07) is 8.70. The van der Waals surface area contributed by atoms with E-state index >= 15 is 0 Å². The molecule has 1 aromatic rings. The average molecular weight is 228 g/mol. The van der Waals surface area contributed by atoms with Gasteiger partial charge in [0.2, 0.25) is 0 Å². The first kappa shape index (κ1) is 12.5. The van der Waals surface area contributed by atoms with Crippen molar-refractivity contribution < 1.29 is 4.74 Å². The van der Waals surface area contributed by atoms with Gasteiger partial charge in [-0.15, -0.1) is 11.6 Å². The van der Waals surface area contributed by atoms with Gasteiger partial charge >= 0.3 is 0 Å². The zero-order valence-electron chi connectivity index (χ0n) is 9.29. The number of methoxy groups -OCH3 is 1. The number of ether oxygens (including phenoxy) is 1. The van der Waals surface area contributed by atoms with Gasteiger partial charge in [0, 0.05) is 25.6 Å². The summed E-state index contributed by atoms with van der Waals surface area (Å²) < 4.78 is 5.05. The highest BCUT2D eigenvalue weighted by atomic mass is 35.5. The SMILES string of the molecule is COCC(C)NCc1ccc(CCl)cc1. The molecule has 0 spiro atoms. The van der Waals surface area contributed by atoms with E-state index in [0.717, 1.165) is 18.7 Å². The van der Waals surface area contributed by atoms with Gasteiger partial charge in [0.15, 0.2) is 0 Å². The minimum atomic E-state index is 0.378. The maximum atomic E-state index is 5.72. The Morgan fingerprint density at radius 1 is 1.27 bits per heavy atom. The molecule has 0 saturated carbocycles. The highest BCUT2D eigenvalue weighted by molar-refractivity contribution is 6.17. The van der Waals surface area contributed by atoms with Gasteiger partial charge in [0.05, 0.1) is 6.61 Å². The Morgan fingerprint density at radius 3 is 2.40 bits per heavy atom. The van der Waals surface area contributed by atoms with Crippen molar-refractivity contribution in [2.75, 3.05) is 13.7 Å². The molecule has 15 heavy (non-hydrogen) atoms. The van der Waals surface area contributed by atoms with E-state index in [2.05, 4.69) is 36.5 Å². The molecule has 2 nitrogen and oxygen atoms in total. The maximum absolute atomic E-state index is 5.72. The van der Waals surface area contributed by atoms with E-state index in [0.29, 0.717) is 11.9 Å². The molecule has 0 fully saturated rings. The Kier molecular flexibility index (Phi) is 5.69. The van der Waals surface area contributed by atoms with Crippen molar-refractivity contribution in [3.8, 4) is 0 Å². The molecule has 84 valence electrons. The molecule has 1 unspecified atom stereocenters. The molecule has 0 amide bonds. The third kappa shape index (κ3) is 4.65. The fraction of sp³-hybridized carbons (Fsp3) is 0.500. The van der Waals surface area contributed by atoms with Crippen molar-refractivity contribution in [2.24, 2.45) is 0 Å². The number of nitrogens with one attached hydrogen (secondary N) is 1. The van der Waals surface area contributed by atoms with E-state index < -0.39 is 0 Å². The summed E-state index contributed by atoms with van der Waals surface area (Å²) in [6.45, 7) is 3.71. The number of benzene rings is 1. The van der Waals surface area contributed by atoms with Crippen LogP contribution in [0.4, 0.5) is 0 Å². The summed E-state index contributed by atoms with van der Waals surface area (Å²) in [5.74, 6) is 0.577. The summed E-state index contributed by atoms with van der Waals surface area (Å²) in [6.07, 6.45) is 0. The normalized spacial score (nSPS) is 12.7. The van der Waals surface area contributed by atoms with Crippen LogP contribution in [-0.4, -0.2) is 19.8 Å². The van der Waals surface area contributed by atoms with Gasteiger partial charge in [0.1, 0.15) is 0 Å². The summed E-state index contributed by atoms with van der Waals surface area (Å²) in [7, 11) is 1.72. The number of alkyl halides is 1. The lowest BCUT2D eigenvalue weighted by atomic mass is 10.1. The highest BCUT2D eigenvalue weighted by Crippen LogP contribution is 2.06. The number of rotatable bonds is 6. The quantitative estimate of drug-likeness (QED) is 0.755.